The van der Waals surface area contributed by atoms with Gasteiger partial charge >= 0.3 is 0 Å². The Bertz CT molecular complexity index is 306. The van der Waals surface area contributed by atoms with Crippen LogP contribution in [-0.4, -0.2) is 47.9 Å². The zero-order valence-electron chi connectivity index (χ0n) is 13.1. The average Bonchev–Trinajstić information content (AvgIpc) is 2.87. The third-order valence-corrected chi connectivity index (χ3v) is 5.09. The quantitative estimate of drug-likeness (QED) is 0.784. The zero-order chi connectivity index (χ0) is 14.0. The number of amides is 1. The number of hydrogen-bond acceptors (Lipinski definition) is 2. The molecule has 0 saturated carbocycles. The number of nitrogens with zero attached hydrogens (tertiary/aromatic N) is 2. The summed E-state index contributed by atoms with van der Waals surface area (Å²) in [6.07, 6.45) is 3.31. The lowest BCUT2D eigenvalue weighted by atomic mass is 9.94. The summed E-state index contributed by atoms with van der Waals surface area (Å²) in [4.78, 5) is 17.2. The van der Waals surface area contributed by atoms with Crippen LogP contribution in [0.4, 0.5) is 0 Å². The van der Waals surface area contributed by atoms with Crippen molar-refractivity contribution in [3.63, 3.8) is 0 Å². The normalized spacial score (nSPS) is 26.6. The molecule has 19 heavy (non-hydrogen) atoms. The lowest BCUT2D eigenvalue weighted by Crippen LogP contribution is -2.44. The minimum absolute atomic E-state index is 0.293. The molecule has 2 saturated heterocycles. The molecule has 0 aromatic heterocycles. The van der Waals surface area contributed by atoms with E-state index < -0.39 is 0 Å². The van der Waals surface area contributed by atoms with Gasteiger partial charge in [0.15, 0.2) is 0 Å². The van der Waals surface area contributed by atoms with Crippen LogP contribution >= 0.6 is 0 Å². The van der Waals surface area contributed by atoms with E-state index in [1.165, 1.54) is 6.42 Å². The fourth-order valence-corrected chi connectivity index (χ4v) is 3.45. The van der Waals surface area contributed by atoms with Crippen molar-refractivity contribution < 1.29 is 4.79 Å². The van der Waals surface area contributed by atoms with Crippen LogP contribution in [0.15, 0.2) is 0 Å². The Morgan fingerprint density at radius 2 is 1.63 bits per heavy atom. The van der Waals surface area contributed by atoms with E-state index in [4.69, 9.17) is 0 Å². The number of piperidine rings is 1. The highest BCUT2D eigenvalue weighted by Crippen LogP contribution is 2.27. The first-order valence-corrected chi connectivity index (χ1v) is 8.02. The van der Waals surface area contributed by atoms with Gasteiger partial charge in [-0.25, -0.2) is 0 Å². The fourth-order valence-electron chi connectivity index (χ4n) is 3.45. The highest BCUT2D eigenvalue weighted by Gasteiger charge is 2.33. The topological polar surface area (TPSA) is 23.6 Å². The Labute approximate surface area is 118 Å². The van der Waals surface area contributed by atoms with Crippen LogP contribution in [0, 0.1) is 17.8 Å². The molecule has 0 radical (unpaired) electrons. The van der Waals surface area contributed by atoms with Crippen molar-refractivity contribution in [1.82, 2.24) is 9.80 Å². The Morgan fingerprint density at radius 3 is 2.11 bits per heavy atom. The van der Waals surface area contributed by atoms with Gasteiger partial charge in [-0.3, -0.25) is 4.79 Å². The molecule has 0 N–H and O–H groups in total. The maximum atomic E-state index is 12.6. The molecule has 2 aliphatic rings. The molecule has 1 amide bonds. The third-order valence-electron chi connectivity index (χ3n) is 5.09. The Morgan fingerprint density at radius 1 is 1.00 bits per heavy atom. The van der Waals surface area contributed by atoms with Crippen molar-refractivity contribution >= 4 is 5.91 Å². The predicted octanol–water partition coefficient (Wildman–Crippen LogP) is 2.61. The maximum absolute atomic E-state index is 12.6. The van der Waals surface area contributed by atoms with E-state index in [-0.39, 0.29) is 0 Å². The summed E-state index contributed by atoms with van der Waals surface area (Å²) in [5, 5.41) is 0. The van der Waals surface area contributed by atoms with Gasteiger partial charge in [0, 0.05) is 25.0 Å². The molecule has 3 nitrogen and oxygen atoms in total. The lowest BCUT2D eigenvalue weighted by Gasteiger charge is -2.35. The van der Waals surface area contributed by atoms with Crippen molar-refractivity contribution in [1.29, 1.82) is 0 Å². The molecule has 0 aliphatic carbocycles. The van der Waals surface area contributed by atoms with Crippen molar-refractivity contribution in [3.8, 4) is 0 Å². The largest absolute Gasteiger partial charge is 0.342 e. The second-order valence-corrected chi connectivity index (χ2v) is 6.98. The summed E-state index contributed by atoms with van der Waals surface area (Å²) in [5.41, 5.74) is 0. The van der Waals surface area contributed by atoms with E-state index in [1.807, 2.05) is 0 Å². The van der Waals surface area contributed by atoms with E-state index in [2.05, 4.69) is 37.5 Å². The van der Waals surface area contributed by atoms with Crippen LogP contribution in [0.5, 0.6) is 0 Å². The summed E-state index contributed by atoms with van der Waals surface area (Å²) in [6.45, 7) is 13.2. The first-order chi connectivity index (χ1) is 8.99. The van der Waals surface area contributed by atoms with E-state index in [9.17, 15) is 4.79 Å². The van der Waals surface area contributed by atoms with Crippen molar-refractivity contribution in [2.24, 2.45) is 17.8 Å². The van der Waals surface area contributed by atoms with Gasteiger partial charge in [-0.1, -0.05) is 13.8 Å². The van der Waals surface area contributed by atoms with Crippen molar-refractivity contribution in [2.75, 3.05) is 26.2 Å². The third kappa shape index (κ3) is 3.50. The minimum atomic E-state index is 0.293. The summed E-state index contributed by atoms with van der Waals surface area (Å²) < 4.78 is 0. The van der Waals surface area contributed by atoms with E-state index in [0.717, 1.165) is 44.9 Å². The van der Waals surface area contributed by atoms with Crippen LogP contribution in [-0.2, 0) is 4.79 Å². The van der Waals surface area contributed by atoms with Gasteiger partial charge in [-0.2, -0.15) is 0 Å². The van der Waals surface area contributed by atoms with Gasteiger partial charge < -0.3 is 9.80 Å². The molecule has 0 bridgehead atoms. The van der Waals surface area contributed by atoms with Gasteiger partial charge in [0.2, 0.25) is 5.91 Å². The highest BCUT2D eigenvalue weighted by molar-refractivity contribution is 5.79. The number of likely N-dealkylation sites (tertiary alicyclic amines) is 2. The van der Waals surface area contributed by atoms with Gasteiger partial charge in [0.1, 0.15) is 0 Å². The van der Waals surface area contributed by atoms with Crippen LogP contribution in [0.2, 0.25) is 0 Å². The summed E-state index contributed by atoms with van der Waals surface area (Å²) in [5.74, 6) is 2.16. The van der Waals surface area contributed by atoms with Crippen LogP contribution < -0.4 is 0 Å². The fraction of sp³-hybridized carbons (Fsp3) is 0.938. The lowest BCUT2D eigenvalue weighted by molar-refractivity contribution is -0.136. The van der Waals surface area contributed by atoms with E-state index in [0.29, 0.717) is 23.8 Å². The molecular weight excluding hydrogens is 236 g/mol. The van der Waals surface area contributed by atoms with Crippen LogP contribution in [0.3, 0.4) is 0 Å². The molecule has 110 valence electrons. The standard InChI is InChI=1S/C16H30N2O/c1-12(2)15-7-10-18(11-15)16(19)14-5-8-17(9-6-14)13(3)4/h12-15H,5-11H2,1-4H3. The second kappa shape index (κ2) is 6.25. The number of hydrogen-bond donors (Lipinski definition) is 0. The molecule has 1 atom stereocenters. The second-order valence-electron chi connectivity index (χ2n) is 6.98. The summed E-state index contributed by atoms with van der Waals surface area (Å²) in [7, 11) is 0. The minimum Gasteiger partial charge on any atom is -0.342 e. The molecule has 1 unspecified atom stereocenters. The first-order valence-electron chi connectivity index (χ1n) is 8.02. The van der Waals surface area contributed by atoms with E-state index in [1.54, 1.807) is 0 Å². The first kappa shape index (κ1) is 14.8. The molecule has 2 aliphatic heterocycles. The smallest absolute Gasteiger partial charge is 0.225 e. The van der Waals surface area contributed by atoms with Gasteiger partial charge in [0.05, 0.1) is 0 Å². The molecule has 0 aromatic rings. The predicted molar refractivity (Wildman–Crippen MR) is 79.0 cm³/mol. The summed E-state index contributed by atoms with van der Waals surface area (Å²) in [6, 6.07) is 0.619. The zero-order valence-corrected chi connectivity index (χ0v) is 13.1. The van der Waals surface area contributed by atoms with Crippen LogP contribution in [0.25, 0.3) is 0 Å². The molecular formula is C16H30N2O. The average molecular weight is 266 g/mol. The van der Waals surface area contributed by atoms with Gasteiger partial charge in [0.25, 0.3) is 0 Å². The molecule has 0 aromatic carbocycles. The van der Waals surface area contributed by atoms with E-state index >= 15 is 0 Å². The summed E-state index contributed by atoms with van der Waals surface area (Å²) >= 11 is 0. The molecule has 2 fully saturated rings. The van der Waals surface area contributed by atoms with Crippen molar-refractivity contribution in [2.45, 2.75) is 53.0 Å². The molecule has 2 heterocycles. The Kier molecular flexibility index (Phi) is 4.88. The Balaban J connectivity index is 1.82. The van der Waals surface area contributed by atoms with Gasteiger partial charge in [-0.15, -0.1) is 0 Å². The van der Waals surface area contributed by atoms with Crippen LogP contribution in [0.1, 0.15) is 47.0 Å². The highest BCUT2D eigenvalue weighted by atomic mass is 16.2. The Hall–Kier alpha value is -0.570. The molecule has 0 spiro atoms. The number of rotatable bonds is 3. The van der Waals surface area contributed by atoms with Gasteiger partial charge in [-0.05, 0) is 58.0 Å². The number of carbonyl (C=O) groups excluding carboxylic acids is 1. The SMILES string of the molecule is CC(C)C1CCN(C(=O)C2CCN(C(C)C)CC2)C1. The van der Waals surface area contributed by atoms with Crippen molar-refractivity contribution in [3.05, 3.63) is 0 Å². The maximum Gasteiger partial charge on any atom is 0.225 e. The number of carbonyl (C=O) groups is 1. The monoisotopic (exact) mass is 266 g/mol. The molecule has 2 rings (SSSR count). The molecule has 3 heteroatoms.